The third-order valence-corrected chi connectivity index (χ3v) is 2.89. The molecule has 78 valence electrons. The highest BCUT2D eigenvalue weighted by Gasteiger charge is 2.25. The Labute approximate surface area is 85.6 Å². The van der Waals surface area contributed by atoms with Crippen molar-refractivity contribution in [3.05, 3.63) is 23.8 Å². The van der Waals surface area contributed by atoms with Crippen LogP contribution in [0.2, 0.25) is 0 Å². The summed E-state index contributed by atoms with van der Waals surface area (Å²) in [6.45, 7) is 5.86. The minimum Gasteiger partial charge on any atom is -0.466 e. The van der Waals surface area contributed by atoms with Crippen LogP contribution in [-0.2, 0) is 9.53 Å². The molecule has 0 radical (unpaired) electrons. The number of methoxy groups -OCH3 is 1. The SMILES string of the molecule is C=C(C(=O)OC)C1CCCC/C1=C\C. The first kappa shape index (κ1) is 11.0. The van der Waals surface area contributed by atoms with Gasteiger partial charge < -0.3 is 4.74 Å². The summed E-state index contributed by atoms with van der Waals surface area (Å²) < 4.78 is 4.69. The van der Waals surface area contributed by atoms with Gasteiger partial charge in [0.1, 0.15) is 0 Å². The Morgan fingerprint density at radius 3 is 2.86 bits per heavy atom. The molecule has 1 unspecified atom stereocenters. The molecule has 0 aromatic heterocycles. The minimum absolute atomic E-state index is 0.223. The van der Waals surface area contributed by atoms with Gasteiger partial charge in [-0.15, -0.1) is 0 Å². The maximum absolute atomic E-state index is 11.3. The van der Waals surface area contributed by atoms with E-state index in [9.17, 15) is 4.79 Å². The van der Waals surface area contributed by atoms with Crippen LogP contribution in [0.5, 0.6) is 0 Å². The van der Waals surface area contributed by atoms with E-state index in [0.717, 1.165) is 12.8 Å². The first-order valence-electron chi connectivity index (χ1n) is 5.13. The lowest BCUT2D eigenvalue weighted by molar-refractivity contribution is -0.136. The predicted molar refractivity (Wildman–Crippen MR) is 56.9 cm³/mol. The summed E-state index contributed by atoms with van der Waals surface area (Å²) in [5.41, 5.74) is 1.95. The first-order chi connectivity index (χ1) is 6.70. The van der Waals surface area contributed by atoms with E-state index in [1.165, 1.54) is 25.5 Å². The number of carbonyl (C=O) groups excluding carboxylic acids is 1. The van der Waals surface area contributed by atoms with Crippen LogP contribution >= 0.6 is 0 Å². The van der Waals surface area contributed by atoms with Crippen LogP contribution in [-0.4, -0.2) is 13.1 Å². The highest BCUT2D eigenvalue weighted by atomic mass is 16.5. The number of rotatable bonds is 2. The average Bonchev–Trinajstić information content (AvgIpc) is 2.26. The molecule has 1 atom stereocenters. The van der Waals surface area contributed by atoms with Gasteiger partial charge >= 0.3 is 5.97 Å². The lowest BCUT2D eigenvalue weighted by Gasteiger charge is -2.25. The third kappa shape index (κ3) is 2.25. The van der Waals surface area contributed by atoms with Crippen LogP contribution in [0.1, 0.15) is 32.6 Å². The highest BCUT2D eigenvalue weighted by Crippen LogP contribution is 2.34. The van der Waals surface area contributed by atoms with Crippen LogP contribution < -0.4 is 0 Å². The Balaban J connectivity index is 2.74. The van der Waals surface area contributed by atoms with Gasteiger partial charge in [0.05, 0.1) is 7.11 Å². The fraction of sp³-hybridized carbons (Fsp3) is 0.583. The maximum Gasteiger partial charge on any atom is 0.333 e. The summed E-state index contributed by atoms with van der Waals surface area (Å²) in [4.78, 5) is 11.3. The lowest BCUT2D eigenvalue weighted by atomic mass is 9.80. The van der Waals surface area contributed by atoms with Gasteiger partial charge in [-0.05, 0) is 26.2 Å². The molecule has 0 saturated heterocycles. The van der Waals surface area contributed by atoms with E-state index in [4.69, 9.17) is 4.74 Å². The smallest absolute Gasteiger partial charge is 0.333 e. The Morgan fingerprint density at radius 2 is 2.29 bits per heavy atom. The summed E-state index contributed by atoms with van der Waals surface area (Å²) in [5.74, 6) is -0.0440. The van der Waals surface area contributed by atoms with Crippen molar-refractivity contribution in [3.63, 3.8) is 0 Å². The van der Waals surface area contributed by atoms with E-state index in [1.807, 2.05) is 6.92 Å². The predicted octanol–water partition coefficient (Wildman–Crippen LogP) is 2.85. The molecule has 0 N–H and O–H groups in total. The summed E-state index contributed by atoms with van der Waals surface area (Å²) in [7, 11) is 1.41. The topological polar surface area (TPSA) is 26.3 Å². The van der Waals surface area contributed by atoms with Crippen LogP contribution in [0, 0.1) is 5.92 Å². The fourth-order valence-corrected chi connectivity index (χ4v) is 2.05. The monoisotopic (exact) mass is 194 g/mol. The van der Waals surface area contributed by atoms with Crippen molar-refractivity contribution in [2.75, 3.05) is 7.11 Å². The van der Waals surface area contributed by atoms with E-state index in [-0.39, 0.29) is 11.9 Å². The Bertz CT molecular complexity index is 263. The zero-order chi connectivity index (χ0) is 10.6. The first-order valence-corrected chi connectivity index (χ1v) is 5.13. The molecule has 1 rings (SSSR count). The fourth-order valence-electron chi connectivity index (χ4n) is 2.05. The van der Waals surface area contributed by atoms with Gasteiger partial charge in [0, 0.05) is 11.5 Å². The van der Waals surface area contributed by atoms with E-state index >= 15 is 0 Å². The van der Waals surface area contributed by atoms with E-state index in [0.29, 0.717) is 5.57 Å². The Morgan fingerprint density at radius 1 is 1.57 bits per heavy atom. The molecule has 1 saturated carbocycles. The molecule has 2 heteroatoms. The molecule has 1 aliphatic rings. The van der Waals surface area contributed by atoms with Gasteiger partial charge in [0.2, 0.25) is 0 Å². The van der Waals surface area contributed by atoms with Crippen LogP contribution in [0.25, 0.3) is 0 Å². The number of hydrogen-bond donors (Lipinski definition) is 0. The van der Waals surface area contributed by atoms with Gasteiger partial charge in [0.15, 0.2) is 0 Å². The summed E-state index contributed by atoms with van der Waals surface area (Å²) >= 11 is 0. The molecule has 14 heavy (non-hydrogen) atoms. The van der Waals surface area contributed by atoms with Crippen molar-refractivity contribution in [3.8, 4) is 0 Å². The number of ether oxygens (including phenoxy) is 1. The number of allylic oxidation sites excluding steroid dienone is 2. The number of esters is 1. The Hall–Kier alpha value is -1.05. The molecule has 0 spiro atoms. The quantitative estimate of drug-likeness (QED) is 0.384. The second kappa shape index (κ2) is 4.99. The van der Waals surface area contributed by atoms with E-state index in [1.54, 1.807) is 0 Å². The van der Waals surface area contributed by atoms with Crippen molar-refractivity contribution < 1.29 is 9.53 Å². The summed E-state index contributed by atoms with van der Waals surface area (Å²) in [6.07, 6.45) is 6.64. The van der Waals surface area contributed by atoms with E-state index in [2.05, 4.69) is 12.7 Å². The van der Waals surface area contributed by atoms with Crippen LogP contribution in [0.15, 0.2) is 23.8 Å². The average molecular weight is 194 g/mol. The van der Waals surface area contributed by atoms with Crippen molar-refractivity contribution in [2.45, 2.75) is 32.6 Å². The second-order valence-corrected chi connectivity index (χ2v) is 3.68. The van der Waals surface area contributed by atoms with Gasteiger partial charge in [0.25, 0.3) is 0 Å². The molecular weight excluding hydrogens is 176 g/mol. The minimum atomic E-state index is -0.267. The van der Waals surface area contributed by atoms with Gasteiger partial charge in [-0.3, -0.25) is 0 Å². The molecule has 1 aliphatic carbocycles. The molecule has 1 fully saturated rings. The number of carbonyl (C=O) groups is 1. The molecule has 0 aliphatic heterocycles. The van der Waals surface area contributed by atoms with Crippen LogP contribution in [0.3, 0.4) is 0 Å². The maximum atomic E-state index is 11.3. The summed E-state index contributed by atoms with van der Waals surface area (Å²) in [5, 5.41) is 0. The third-order valence-electron chi connectivity index (χ3n) is 2.89. The van der Waals surface area contributed by atoms with E-state index < -0.39 is 0 Å². The molecule has 2 nitrogen and oxygen atoms in total. The molecule has 0 heterocycles. The molecular formula is C12H18O2. The molecule has 0 amide bonds. The lowest BCUT2D eigenvalue weighted by Crippen LogP contribution is -2.18. The van der Waals surface area contributed by atoms with Crippen LogP contribution in [0.4, 0.5) is 0 Å². The molecule has 0 aromatic rings. The molecule has 0 bridgehead atoms. The number of hydrogen-bond acceptors (Lipinski definition) is 2. The normalized spacial score (nSPS) is 24.7. The Kier molecular flexibility index (Phi) is 3.93. The largest absolute Gasteiger partial charge is 0.466 e. The standard InChI is InChI=1S/C12H18O2/c1-4-10-7-5-6-8-11(10)9(2)12(13)14-3/h4,11H,2,5-8H2,1,3H3/b10-4+. The van der Waals surface area contributed by atoms with Gasteiger partial charge in [-0.25, -0.2) is 4.79 Å². The van der Waals surface area contributed by atoms with Crippen molar-refractivity contribution in [1.82, 2.24) is 0 Å². The molecule has 0 aromatic carbocycles. The highest BCUT2D eigenvalue weighted by molar-refractivity contribution is 5.88. The van der Waals surface area contributed by atoms with Gasteiger partial charge in [-0.2, -0.15) is 0 Å². The zero-order valence-corrected chi connectivity index (χ0v) is 9.01. The second-order valence-electron chi connectivity index (χ2n) is 3.68. The van der Waals surface area contributed by atoms with Crippen molar-refractivity contribution in [2.24, 2.45) is 5.92 Å². The summed E-state index contributed by atoms with van der Waals surface area (Å²) in [6, 6.07) is 0. The zero-order valence-electron chi connectivity index (χ0n) is 9.01. The van der Waals surface area contributed by atoms with Crippen molar-refractivity contribution >= 4 is 5.97 Å². The van der Waals surface area contributed by atoms with Crippen molar-refractivity contribution in [1.29, 1.82) is 0 Å². The van der Waals surface area contributed by atoms with Gasteiger partial charge in [-0.1, -0.05) is 24.6 Å².